The van der Waals surface area contributed by atoms with E-state index in [2.05, 4.69) is 22.4 Å². The van der Waals surface area contributed by atoms with Gasteiger partial charge in [0.2, 0.25) is 0 Å². The van der Waals surface area contributed by atoms with Gasteiger partial charge in [-0.05, 0) is 24.3 Å². The van der Waals surface area contributed by atoms with Gasteiger partial charge < -0.3 is 10.1 Å². The normalized spacial score (nSPS) is 10.4. The summed E-state index contributed by atoms with van der Waals surface area (Å²) < 4.78 is 5.78. The number of carbonyl (C=O) groups is 2. The first-order valence-electron chi connectivity index (χ1n) is 7.89. The van der Waals surface area contributed by atoms with Gasteiger partial charge in [0.25, 0.3) is 0 Å². The van der Waals surface area contributed by atoms with Crippen molar-refractivity contribution in [3.05, 3.63) is 76.3 Å². The Morgan fingerprint density at radius 3 is 2.67 bits per heavy atom. The van der Waals surface area contributed by atoms with Crippen LogP contribution in [0.15, 0.2) is 60.2 Å². The summed E-state index contributed by atoms with van der Waals surface area (Å²) in [5.41, 5.74) is 3.49. The minimum absolute atomic E-state index is 0.185. The summed E-state index contributed by atoms with van der Waals surface area (Å²) in [7, 11) is 0. The molecule has 2 aromatic rings. The van der Waals surface area contributed by atoms with Gasteiger partial charge in [-0.3, -0.25) is 9.59 Å². The second kappa shape index (κ2) is 10.4. The molecule has 2 amide bonds. The predicted octanol–water partition coefficient (Wildman–Crippen LogP) is 3.32. The van der Waals surface area contributed by atoms with E-state index in [1.54, 1.807) is 24.3 Å². The highest BCUT2D eigenvalue weighted by molar-refractivity contribution is 6.35. The number of rotatable bonds is 7. The predicted molar refractivity (Wildman–Crippen MR) is 106 cm³/mol. The first-order valence-corrected chi connectivity index (χ1v) is 8.64. The van der Waals surface area contributed by atoms with Crippen LogP contribution in [0.5, 0.6) is 5.75 Å². The van der Waals surface area contributed by atoms with E-state index in [1.807, 2.05) is 18.2 Å². The third kappa shape index (κ3) is 6.44. The molecule has 0 saturated carbocycles. The molecule has 0 spiro atoms. The van der Waals surface area contributed by atoms with Gasteiger partial charge in [-0.2, -0.15) is 5.10 Å². The molecule has 0 bridgehead atoms. The number of hydrogen-bond donors (Lipinski definition) is 2. The van der Waals surface area contributed by atoms with Gasteiger partial charge in [-0.1, -0.05) is 47.5 Å². The summed E-state index contributed by atoms with van der Waals surface area (Å²) in [5, 5.41) is 7.18. The molecule has 0 radical (unpaired) electrons. The fourth-order valence-corrected chi connectivity index (χ4v) is 2.35. The molecule has 2 N–H and O–H groups in total. The van der Waals surface area contributed by atoms with E-state index < -0.39 is 11.8 Å². The number of nitrogens with zero attached hydrogens (tertiary/aromatic N) is 1. The average Bonchev–Trinajstić information content (AvgIpc) is 2.66. The average molecular weight is 406 g/mol. The summed E-state index contributed by atoms with van der Waals surface area (Å²) >= 11 is 12.1. The molecule has 6 nitrogen and oxygen atoms in total. The molecule has 0 atom stereocenters. The molecule has 140 valence electrons. The smallest absolute Gasteiger partial charge is 0.329 e. The highest BCUT2D eigenvalue weighted by Gasteiger charge is 2.11. The van der Waals surface area contributed by atoms with Crippen LogP contribution in [0.2, 0.25) is 10.0 Å². The van der Waals surface area contributed by atoms with Gasteiger partial charge >= 0.3 is 11.8 Å². The van der Waals surface area contributed by atoms with Crippen LogP contribution in [0.25, 0.3) is 0 Å². The lowest BCUT2D eigenvalue weighted by molar-refractivity contribution is -0.139. The zero-order chi connectivity index (χ0) is 19.6. The first-order chi connectivity index (χ1) is 13.0. The SMILES string of the molecule is C=CCNC(=O)C(=O)N/N=C\c1cc(Cl)ccc1OCc1ccccc1Cl. The topological polar surface area (TPSA) is 79.8 Å². The summed E-state index contributed by atoms with van der Waals surface area (Å²) in [4.78, 5) is 23.0. The van der Waals surface area contributed by atoms with E-state index in [0.29, 0.717) is 21.4 Å². The van der Waals surface area contributed by atoms with E-state index in [4.69, 9.17) is 27.9 Å². The molecule has 0 fully saturated rings. The van der Waals surface area contributed by atoms with Crippen molar-refractivity contribution >= 4 is 41.2 Å². The number of ether oxygens (including phenoxy) is 1. The number of hydrazone groups is 1. The van der Waals surface area contributed by atoms with Crippen molar-refractivity contribution in [1.29, 1.82) is 0 Å². The monoisotopic (exact) mass is 405 g/mol. The Morgan fingerprint density at radius 1 is 1.15 bits per heavy atom. The van der Waals surface area contributed by atoms with Crippen LogP contribution in [0.4, 0.5) is 0 Å². The Balaban J connectivity index is 2.04. The molecule has 0 aromatic heterocycles. The molecule has 0 aliphatic rings. The molecule has 0 aliphatic carbocycles. The van der Waals surface area contributed by atoms with Gasteiger partial charge in [0.1, 0.15) is 12.4 Å². The summed E-state index contributed by atoms with van der Waals surface area (Å²) in [6.45, 7) is 3.88. The Morgan fingerprint density at radius 2 is 1.93 bits per heavy atom. The molecular formula is C19H17Cl2N3O3. The lowest BCUT2D eigenvalue weighted by Gasteiger charge is -2.10. The fourth-order valence-electron chi connectivity index (χ4n) is 1.98. The fraction of sp³-hybridized carbons (Fsp3) is 0.105. The second-order valence-electron chi connectivity index (χ2n) is 5.26. The van der Waals surface area contributed by atoms with Crippen LogP contribution in [-0.2, 0) is 16.2 Å². The van der Waals surface area contributed by atoms with Gasteiger partial charge in [-0.25, -0.2) is 5.43 Å². The molecular weight excluding hydrogens is 389 g/mol. The maximum atomic E-state index is 11.6. The van der Waals surface area contributed by atoms with Crippen molar-refractivity contribution in [2.75, 3.05) is 6.54 Å². The van der Waals surface area contributed by atoms with Crippen molar-refractivity contribution in [2.45, 2.75) is 6.61 Å². The Bertz CT molecular complexity index is 869. The molecule has 0 aliphatic heterocycles. The molecule has 8 heteroatoms. The number of carbonyl (C=O) groups excluding carboxylic acids is 2. The quantitative estimate of drug-likeness (QED) is 0.321. The second-order valence-corrected chi connectivity index (χ2v) is 6.10. The zero-order valence-corrected chi connectivity index (χ0v) is 15.8. The van der Waals surface area contributed by atoms with E-state index in [0.717, 1.165) is 5.56 Å². The number of benzene rings is 2. The van der Waals surface area contributed by atoms with E-state index in [9.17, 15) is 9.59 Å². The van der Waals surface area contributed by atoms with Crippen LogP contribution < -0.4 is 15.5 Å². The van der Waals surface area contributed by atoms with Crippen LogP contribution >= 0.6 is 23.2 Å². The lowest BCUT2D eigenvalue weighted by Crippen LogP contribution is -2.37. The molecule has 0 saturated heterocycles. The Kier molecular flexibility index (Phi) is 7.85. The van der Waals surface area contributed by atoms with Crippen molar-refractivity contribution in [3.8, 4) is 5.75 Å². The number of nitrogens with one attached hydrogen (secondary N) is 2. The number of halogens is 2. The maximum absolute atomic E-state index is 11.6. The third-order valence-electron chi connectivity index (χ3n) is 3.30. The van der Waals surface area contributed by atoms with Crippen molar-refractivity contribution < 1.29 is 14.3 Å². The Labute approximate surface area is 166 Å². The van der Waals surface area contributed by atoms with E-state index >= 15 is 0 Å². The highest BCUT2D eigenvalue weighted by atomic mass is 35.5. The van der Waals surface area contributed by atoms with Crippen molar-refractivity contribution in [3.63, 3.8) is 0 Å². The summed E-state index contributed by atoms with van der Waals surface area (Å²) in [6, 6.07) is 12.3. The van der Waals surface area contributed by atoms with Crippen LogP contribution in [-0.4, -0.2) is 24.6 Å². The molecule has 2 aromatic carbocycles. The van der Waals surface area contributed by atoms with Crippen LogP contribution in [0.3, 0.4) is 0 Å². The third-order valence-corrected chi connectivity index (χ3v) is 3.90. The molecule has 2 rings (SSSR count). The van der Waals surface area contributed by atoms with E-state index in [1.165, 1.54) is 12.3 Å². The highest BCUT2D eigenvalue weighted by Crippen LogP contribution is 2.24. The maximum Gasteiger partial charge on any atom is 0.329 e. The zero-order valence-electron chi connectivity index (χ0n) is 14.2. The van der Waals surface area contributed by atoms with Crippen LogP contribution in [0.1, 0.15) is 11.1 Å². The van der Waals surface area contributed by atoms with E-state index in [-0.39, 0.29) is 13.2 Å². The number of amides is 2. The standard InChI is InChI=1S/C19H17Cl2N3O3/c1-2-9-22-18(25)19(26)24-23-11-14-10-15(20)7-8-17(14)27-12-13-5-3-4-6-16(13)21/h2-8,10-11H,1,9,12H2,(H,22,25)(H,24,26)/b23-11-. The molecule has 0 heterocycles. The minimum Gasteiger partial charge on any atom is -0.488 e. The van der Waals surface area contributed by atoms with Gasteiger partial charge in [0.15, 0.2) is 0 Å². The van der Waals surface area contributed by atoms with Crippen LogP contribution in [0, 0.1) is 0 Å². The first kappa shape index (κ1) is 20.5. The van der Waals surface area contributed by atoms with Gasteiger partial charge in [0, 0.05) is 27.7 Å². The Hall–Kier alpha value is -2.83. The lowest BCUT2D eigenvalue weighted by atomic mass is 10.2. The van der Waals surface area contributed by atoms with Crippen molar-refractivity contribution in [1.82, 2.24) is 10.7 Å². The van der Waals surface area contributed by atoms with Gasteiger partial charge in [0.05, 0.1) is 6.21 Å². The van der Waals surface area contributed by atoms with Gasteiger partial charge in [-0.15, -0.1) is 6.58 Å². The largest absolute Gasteiger partial charge is 0.488 e. The molecule has 0 unspecified atom stereocenters. The summed E-state index contributed by atoms with van der Waals surface area (Å²) in [5.74, 6) is -1.21. The van der Waals surface area contributed by atoms with Crippen molar-refractivity contribution in [2.24, 2.45) is 5.10 Å². The molecule has 27 heavy (non-hydrogen) atoms. The summed E-state index contributed by atoms with van der Waals surface area (Å²) in [6.07, 6.45) is 2.80. The number of hydrogen-bond acceptors (Lipinski definition) is 4. The minimum atomic E-state index is -0.895.